The Bertz CT molecular complexity index is 870. The van der Waals surface area contributed by atoms with Gasteiger partial charge in [-0.25, -0.2) is 0 Å². The molecule has 2 aromatic carbocycles. The van der Waals surface area contributed by atoms with Gasteiger partial charge >= 0.3 is 0 Å². The molecule has 4 rings (SSSR count). The number of ether oxygens (including phenoxy) is 2. The van der Waals surface area contributed by atoms with E-state index in [1.54, 1.807) is 24.3 Å². The van der Waals surface area contributed by atoms with E-state index in [0.717, 1.165) is 11.1 Å². The lowest BCUT2D eigenvalue weighted by Gasteiger charge is -2.06. The maximum Gasteiger partial charge on any atom is 0.171 e. The van der Waals surface area contributed by atoms with Crippen LogP contribution in [0.15, 0.2) is 48.5 Å². The largest absolute Gasteiger partial charge is 0.365 e. The summed E-state index contributed by atoms with van der Waals surface area (Å²) >= 11 is 0. The van der Waals surface area contributed by atoms with Crippen LogP contribution in [-0.4, -0.2) is 48.6 Å². The zero-order valence-corrected chi connectivity index (χ0v) is 15.8. The summed E-state index contributed by atoms with van der Waals surface area (Å²) in [6.07, 6.45) is -0.405. The Labute approximate surface area is 167 Å². The minimum atomic E-state index is -0.395. The Morgan fingerprint density at radius 2 is 1.00 bits per heavy atom. The Hall–Kier alpha value is -2.96. The van der Waals surface area contributed by atoms with E-state index in [1.807, 2.05) is 24.3 Å². The predicted octanol–water partition coefficient (Wildman–Crippen LogP) is 2.36. The average Bonchev–Trinajstić information content (AvgIpc) is 3.61. The summed E-state index contributed by atoms with van der Waals surface area (Å²) < 4.78 is 9.81. The first kappa shape index (κ1) is 19.4. The first-order valence-corrected chi connectivity index (χ1v) is 9.52. The van der Waals surface area contributed by atoms with E-state index in [9.17, 15) is 19.2 Å². The minimum absolute atomic E-state index is 0.130. The number of epoxide rings is 2. The topological polar surface area (TPSA) is 93.3 Å². The Balaban J connectivity index is 1.32. The van der Waals surface area contributed by atoms with Crippen molar-refractivity contribution < 1.29 is 28.7 Å². The lowest BCUT2D eigenvalue weighted by atomic mass is 9.98. The van der Waals surface area contributed by atoms with Crippen molar-refractivity contribution >= 4 is 23.1 Å². The summed E-state index contributed by atoms with van der Waals surface area (Å²) in [6.45, 7) is 0.835. The summed E-state index contributed by atoms with van der Waals surface area (Å²) in [5.74, 6) is -0.739. The van der Waals surface area contributed by atoms with Gasteiger partial charge in [0.15, 0.2) is 23.1 Å². The van der Waals surface area contributed by atoms with E-state index in [-0.39, 0.29) is 36.0 Å². The highest BCUT2D eigenvalue weighted by Gasteiger charge is 2.33. The number of rotatable bonds is 10. The molecule has 2 fully saturated rings. The maximum absolute atomic E-state index is 12.1. The smallest absolute Gasteiger partial charge is 0.171 e. The van der Waals surface area contributed by atoms with Gasteiger partial charge in [0, 0.05) is 11.1 Å². The van der Waals surface area contributed by atoms with E-state index in [2.05, 4.69) is 0 Å². The molecular weight excluding hydrogens is 372 g/mol. The van der Waals surface area contributed by atoms with Crippen molar-refractivity contribution in [2.24, 2.45) is 0 Å². The molecule has 2 aliphatic heterocycles. The van der Waals surface area contributed by atoms with Gasteiger partial charge in [0.1, 0.15) is 12.2 Å². The summed E-state index contributed by atoms with van der Waals surface area (Å²) in [7, 11) is 0. The van der Waals surface area contributed by atoms with Crippen molar-refractivity contribution in [2.45, 2.75) is 31.5 Å². The number of hydrogen-bond acceptors (Lipinski definition) is 6. The van der Waals surface area contributed by atoms with Crippen LogP contribution in [0, 0.1) is 0 Å². The molecule has 0 radical (unpaired) electrons. The Morgan fingerprint density at radius 3 is 1.31 bits per heavy atom. The van der Waals surface area contributed by atoms with E-state index >= 15 is 0 Å². The molecular formula is C23H20O6. The molecule has 0 aliphatic carbocycles. The van der Waals surface area contributed by atoms with Crippen LogP contribution >= 0.6 is 0 Å². The summed E-state index contributed by atoms with van der Waals surface area (Å²) in [4.78, 5) is 47.6. The van der Waals surface area contributed by atoms with Gasteiger partial charge in [-0.2, -0.15) is 0 Å². The van der Waals surface area contributed by atoms with Crippen molar-refractivity contribution in [3.8, 4) is 0 Å². The summed E-state index contributed by atoms with van der Waals surface area (Å²) in [5, 5.41) is 0. The zero-order chi connectivity index (χ0) is 20.4. The highest BCUT2D eigenvalue weighted by Crippen LogP contribution is 2.18. The summed E-state index contributed by atoms with van der Waals surface area (Å²) in [5.41, 5.74) is 3.04. The lowest BCUT2D eigenvalue weighted by Crippen LogP contribution is -2.13. The number of ketones is 4. The molecule has 0 spiro atoms. The highest BCUT2D eigenvalue weighted by atomic mass is 16.6. The zero-order valence-electron chi connectivity index (χ0n) is 15.8. The lowest BCUT2D eigenvalue weighted by molar-refractivity contribution is -0.120. The van der Waals surface area contributed by atoms with Crippen molar-refractivity contribution in [3.05, 3.63) is 70.8 Å². The predicted molar refractivity (Wildman–Crippen MR) is 103 cm³/mol. The molecule has 0 bridgehead atoms. The molecule has 2 heterocycles. The third-order valence-electron chi connectivity index (χ3n) is 5.01. The van der Waals surface area contributed by atoms with Gasteiger partial charge in [0.2, 0.25) is 0 Å². The SMILES string of the molecule is O=C(CC(=O)C1CO1)c1ccc(Cc2ccc(C(=O)CC(=O)C3CO3)cc2)cc1. The van der Waals surface area contributed by atoms with Crippen molar-refractivity contribution in [2.75, 3.05) is 13.2 Å². The quantitative estimate of drug-likeness (QED) is 0.350. The van der Waals surface area contributed by atoms with Gasteiger partial charge in [0.05, 0.1) is 26.1 Å². The standard InChI is InChI=1S/C23H20O6/c24-18(10-20(26)22-12-28-22)16-5-1-14(2-6-16)9-15-3-7-17(8-4-15)19(25)11-21(27)23-13-29-23/h1-8,22-23H,9-13H2. The average molecular weight is 392 g/mol. The van der Waals surface area contributed by atoms with Crippen LogP contribution < -0.4 is 0 Å². The van der Waals surface area contributed by atoms with Crippen LogP contribution in [0.4, 0.5) is 0 Å². The van der Waals surface area contributed by atoms with E-state index in [1.165, 1.54) is 0 Å². The molecule has 2 unspecified atom stereocenters. The molecule has 0 saturated carbocycles. The fraction of sp³-hybridized carbons (Fsp3) is 0.304. The normalized spacial score (nSPS) is 19.4. The second-order valence-corrected chi connectivity index (χ2v) is 7.35. The molecule has 6 nitrogen and oxygen atoms in total. The molecule has 2 saturated heterocycles. The van der Waals surface area contributed by atoms with Gasteiger partial charge in [-0.05, 0) is 17.5 Å². The highest BCUT2D eigenvalue weighted by molar-refractivity contribution is 6.10. The van der Waals surface area contributed by atoms with Gasteiger partial charge in [0.25, 0.3) is 0 Å². The molecule has 2 aliphatic rings. The van der Waals surface area contributed by atoms with Crippen molar-refractivity contribution in [1.82, 2.24) is 0 Å². The molecule has 0 amide bonds. The van der Waals surface area contributed by atoms with Gasteiger partial charge < -0.3 is 9.47 Å². The van der Waals surface area contributed by atoms with Crippen LogP contribution in [0.1, 0.15) is 44.7 Å². The first-order valence-electron chi connectivity index (χ1n) is 9.52. The minimum Gasteiger partial charge on any atom is -0.365 e. The van der Waals surface area contributed by atoms with Gasteiger partial charge in [-0.3, -0.25) is 19.2 Å². The molecule has 29 heavy (non-hydrogen) atoms. The monoisotopic (exact) mass is 392 g/mol. The van der Waals surface area contributed by atoms with Crippen LogP contribution in [0.2, 0.25) is 0 Å². The molecule has 2 atom stereocenters. The van der Waals surface area contributed by atoms with Crippen LogP contribution in [-0.2, 0) is 25.5 Å². The van der Waals surface area contributed by atoms with E-state index in [4.69, 9.17) is 9.47 Å². The van der Waals surface area contributed by atoms with Crippen LogP contribution in [0.25, 0.3) is 0 Å². The third-order valence-corrected chi connectivity index (χ3v) is 5.01. The van der Waals surface area contributed by atoms with Gasteiger partial charge in [-0.15, -0.1) is 0 Å². The van der Waals surface area contributed by atoms with Crippen LogP contribution in [0.5, 0.6) is 0 Å². The number of carbonyl (C=O) groups excluding carboxylic acids is 4. The van der Waals surface area contributed by atoms with Gasteiger partial charge in [-0.1, -0.05) is 48.5 Å². The number of benzene rings is 2. The third kappa shape index (κ3) is 5.10. The second kappa shape index (κ2) is 8.19. The molecule has 6 heteroatoms. The molecule has 0 aromatic heterocycles. The maximum atomic E-state index is 12.1. The molecule has 148 valence electrons. The van der Waals surface area contributed by atoms with Crippen molar-refractivity contribution in [3.63, 3.8) is 0 Å². The van der Waals surface area contributed by atoms with E-state index < -0.39 is 12.2 Å². The van der Waals surface area contributed by atoms with Crippen LogP contribution in [0.3, 0.4) is 0 Å². The molecule has 2 aromatic rings. The second-order valence-electron chi connectivity index (χ2n) is 7.35. The summed E-state index contributed by atoms with van der Waals surface area (Å²) in [6, 6.07) is 14.3. The molecule has 0 N–H and O–H groups in total. The Morgan fingerprint density at radius 1 is 0.655 bits per heavy atom. The number of carbonyl (C=O) groups is 4. The fourth-order valence-electron chi connectivity index (χ4n) is 3.07. The van der Waals surface area contributed by atoms with E-state index in [0.29, 0.717) is 30.8 Å². The number of Topliss-reactive ketones (excluding diaryl/α,β-unsaturated/α-hetero) is 4. The Kier molecular flexibility index (Phi) is 5.47. The van der Waals surface area contributed by atoms with Crippen molar-refractivity contribution in [1.29, 1.82) is 0 Å². The fourth-order valence-corrected chi connectivity index (χ4v) is 3.07. The first-order chi connectivity index (χ1) is 14.0. The number of hydrogen-bond donors (Lipinski definition) is 0.